The summed E-state index contributed by atoms with van der Waals surface area (Å²) in [6.45, 7) is 3.57. The molecule has 21 heavy (non-hydrogen) atoms. The average molecular weight is 328 g/mol. The highest BCUT2D eigenvalue weighted by Gasteiger charge is 2.20. The topological polar surface area (TPSA) is 59.3 Å². The Hall–Kier alpha value is -1.30. The first-order chi connectivity index (χ1) is 9.92. The number of rotatable bonds is 6. The first kappa shape index (κ1) is 16.1. The normalized spacial score (nSPS) is 13.3. The first-order valence-electron chi connectivity index (χ1n) is 6.66. The zero-order valence-electron chi connectivity index (χ0n) is 12.0. The third-order valence-electron chi connectivity index (χ3n) is 3.14. The molecule has 2 aromatic rings. The average Bonchev–Trinajstić information content (AvgIpc) is 2.86. The second-order valence-corrected chi connectivity index (χ2v) is 6.97. The van der Waals surface area contributed by atoms with Gasteiger partial charge in [-0.1, -0.05) is 12.1 Å². The van der Waals surface area contributed by atoms with Crippen LogP contribution in [0.15, 0.2) is 45.7 Å². The maximum Gasteiger partial charge on any atom is 0.241 e. The van der Waals surface area contributed by atoms with Crippen molar-refractivity contribution in [1.82, 2.24) is 4.72 Å². The van der Waals surface area contributed by atoms with Crippen LogP contribution in [0.3, 0.4) is 0 Å². The smallest absolute Gasteiger partial charge is 0.241 e. The molecule has 4 nitrogen and oxygen atoms in total. The Morgan fingerprint density at radius 1 is 1.19 bits per heavy atom. The molecule has 0 aliphatic heterocycles. The molecule has 1 aromatic heterocycles. The van der Waals surface area contributed by atoms with Crippen molar-refractivity contribution >= 4 is 21.6 Å². The van der Waals surface area contributed by atoms with E-state index in [4.69, 9.17) is 16.0 Å². The van der Waals surface area contributed by atoms with E-state index in [2.05, 4.69) is 4.72 Å². The number of halogens is 1. The highest BCUT2D eigenvalue weighted by atomic mass is 35.5. The molecule has 0 saturated carbocycles. The fourth-order valence-corrected chi connectivity index (χ4v) is 3.42. The number of hydrogen-bond donors (Lipinski definition) is 1. The molecular formula is C15H18ClNO3S. The van der Waals surface area contributed by atoms with Crippen LogP contribution in [-0.4, -0.2) is 14.3 Å². The molecule has 0 aliphatic rings. The Labute approximate surface area is 130 Å². The Kier molecular flexibility index (Phi) is 5.08. The molecule has 0 saturated heterocycles. The first-order valence-corrected chi connectivity index (χ1v) is 8.68. The lowest BCUT2D eigenvalue weighted by molar-refractivity contribution is 0.441. The van der Waals surface area contributed by atoms with Crippen molar-refractivity contribution in [1.29, 1.82) is 0 Å². The molecule has 0 fully saturated rings. The molecular weight excluding hydrogens is 310 g/mol. The molecule has 0 spiro atoms. The van der Waals surface area contributed by atoms with Crippen LogP contribution in [-0.2, 0) is 16.4 Å². The van der Waals surface area contributed by atoms with E-state index in [0.717, 1.165) is 17.7 Å². The fourth-order valence-electron chi connectivity index (χ4n) is 1.99. The van der Waals surface area contributed by atoms with Crippen LogP contribution in [0.1, 0.15) is 30.0 Å². The van der Waals surface area contributed by atoms with Crippen LogP contribution >= 0.6 is 11.6 Å². The minimum absolute atomic E-state index is 0.232. The standard InChI is InChI=1S/C15H18ClNO3S/c1-11-3-8-15(20-11)12(2)17-21(18,19)14-6-4-13(5-7-14)9-10-16/h3-8,12,17H,9-10H2,1-2H3. The third-order valence-corrected chi connectivity index (χ3v) is 4.88. The van der Waals surface area contributed by atoms with Crippen LogP contribution in [0.5, 0.6) is 0 Å². The summed E-state index contributed by atoms with van der Waals surface area (Å²) in [4.78, 5) is 0.232. The van der Waals surface area contributed by atoms with Gasteiger partial charge < -0.3 is 4.42 Å². The number of benzene rings is 1. The number of nitrogens with one attached hydrogen (secondary N) is 1. The molecule has 1 heterocycles. The van der Waals surface area contributed by atoms with Crippen LogP contribution in [0, 0.1) is 6.92 Å². The molecule has 0 bridgehead atoms. The predicted octanol–water partition coefficient (Wildman–Crippen LogP) is 3.41. The molecule has 114 valence electrons. The Bertz CT molecular complexity index is 692. The second-order valence-electron chi connectivity index (χ2n) is 4.87. The number of aryl methyl sites for hydroxylation is 2. The van der Waals surface area contributed by atoms with E-state index in [9.17, 15) is 8.42 Å². The van der Waals surface area contributed by atoms with Gasteiger partial charge in [0.2, 0.25) is 10.0 Å². The third kappa shape index (κ3) is 4.09. The van der Waals surface area contributed by atoms with Crippen molar-refractivity contribution in [2.75, 3.05) is 5.88 Å². The Balaban J connectivity index is 2.14. The van der Waals surface area contributed by atoms with Gasteiger partial charge in [-0.2, -0.15) is 0 Å². The van der Waals surface area contributed by atoms with Crippen molar-refractivity contribution in [2.24, 2.45) is 0 Å². The highest BCUT2D eigenvalue weighted by molar-refractivity contribution is 7.89. The molecule has 0 amide bonds. The van der Waals surface area contributed by atoms with Gasteiger partial charge in [0.25, 0.3) is 0 Å². The van der Waals surface area contributed by atoms with E-state index in [1.165, 1.54) is 0 Å². The van der Waals surface area contributed by atoms with Crippen LogP contribution in [0.25, 0.3) is 0 Å². The molecule has 2 rings (SSSR count). The molecule has 1 N–H and O–H groups in total. The molecule has 1 unspecified atom stereocenters. The summed E-state index contributed by atoms with van der Waals surface area (Å²) < 4.78 is 32.7. The zero-order chi connectivity index (χ0) is 15.5. The van der Waals surface area contributed by atoms with E-state index < -0.39 is 16.1 Å². The fraction of sp³-hybridized carbons (Fsp3) is 0.333. The predicted molar refractivity (Wildman–Crippen MR) is 83.0 cm³/mol. The molecule has 6 heteroatoms. The maximum absolute atomic E-state index is 12.3. The number of furan rings is 1. The van der Waals surface area contributed by atoms with Crippen LogP contribution in [0.4, 0.5) is 0 Å². The van der Waals surface area contributed by atoms with Crippen molar-refractivity contribution in [2.45, 2.75) is 31.2 Å². The van der Waals surface area contributed by atoms with Gasteiger partial charge >= 0.3 is 0 Å². The maximum atomic E-state index is 12.3. The van der Waals surface area contributed by atoms with Gasteiger partial charge in [-0.15, -0.1) is 11.6 Å². The number of alkyl halides is 1. The Morgan fingerprint density at radius 2 is 1.86 bits per heavy atom. The molecule has 1 atom stereocenters. The van der Waals surface area contributed by atoms with Crippen LogP contribution in [0.2, 0.25) is 0 Å². The van der Waals surface area contributed by atoms with Gasteiger partial charge in [0.1, 0.15) is 11.5 Å². The van der Waals surface area contributed by atoms with Gasteiger partial charge in [-0.3, -0.25) is 0 Å². The summed E-state index contributed by atoms with van der Waals surface area (Å²) >= 11 is 5.66. The summed E-state index contributed by atoms with van der Waals surface area (Å²) in [5.74, 6) is 1.86. The van der Waals surface area contributed by atoms with E-state index in [0.29, 0.717) is 11.6 Å². The van der Waals surface area contributed by atoms with Gasteiger partial charge in [0.05, 0.1) is 10.9 Å². The molecule has 0 radical (unpaired) electrons. The van der Waals surface area contributed by atoms with Crippen molar-refractivity contribution in [3.05, 3.63) is 53.5 Å². The zero-order valence-corrected chi connectivity index (χ0v) is 13.5. The van der Waals surface area contributed by atoms with E-state index in [1.54, 1.807) is 43.3 Å². The van der Waals surface area contributed by atoms with E-state index >= 15 is 0 Å². The quantitative estimate of drug-likeness (QED) is 0.827. The van der Waals surface area contributed by atoms with Crippen LogP contribution < -0.4 is 4.72 Å². The lowest BCUT2D eigenvalue weighted by atomic mass is 10.2. The Morgan fingerprint density at radius 3 is 2.38 bits per heavy atom. The molecule has 1 aromatic carbocycles. The van der Waals surface area contributed by atoms with E-state index in [1.807, 2.05) is 6.92 Å². The summed E-state index contributed by atoms with van der Waals surface area (Å²) in [7, 11) is -3.57. The minimum atomic E-state index is -3.57. The second kappa shape index (κ2) is 6.64. The lowest BCUT2D eigenvalue weighted by Gasteiger charge is -2.12. The summed E-state index contributed by atoms with van der Waals surface area (Å²) in [6, 6.07) is 9.88. The van der Waals surface area contributed by atoms with Crippen molar-refractivity contribution in [3.63, 3.8) is 0 Å². The van der Waals surface area contributed by atoms with Crippen molar-refractivity contribution < 1.29 is 12.8 Å². The minimum Gasteiger partial charge on any atom is -0.465 e. The largest absolute Gasteiger partial charge is 0.465 e. The summed E-state index contributed by atoms with van der Waals surface area (Å²) in [5, 5.41) is 0. The summed E-state index contributed by atoms with van der Waals surface area (Å²) in [5.41, 5.74) is 1.01. The number of hydrogen-bond acceptors (Lipinski definition) is 3. The highest BCUT2D eigenvalue weighted by Crippen LogP contribution is 2.19. The van der Waals surface area contributed by atoms with Gasteiger partial charge in [0, 0.05) is 5.88 Å². The summed E-state index contributed by atoms with van der Waals surface area (Å²) in [6.07, 6.45) is 0.720. The van der Waals surface area contributed by atoms with Gasteiger partial charge in [0.15, 0.2) is 0 Å². The number of sulfonamides is 1. The van der Waals surface area contributed by atoms with Gasteiger partial charge in [-0.25, -0.2) is 13.1 Å². The van der Waals surface area contributed by atoms with Crippen molar-refractivity contribution in [3.8, 4) is 0 Å². The van der Waals surface area contributed by atoms with E-state index in [-0.39, 0.29) is 4.90 Å². The monoisotopic (exact) mass is 327 g/mol. The SMILES string of the molecule is Cc1ccc(C(C)NS(=O)(=O)c2ccc(CCCl)cc2)o1. The van der Waals surface area contributed by atoms with Gasteiger partial charge in [-0.05, 0) is 50.1 Å². The molecule has 0 aliphatic carbocycles. The lowest BCUT2D eigenvalue weighted by Crippen LogP contribution is -2.26.